The molecule has 6 heteroatoms. The van der Waals surface area contributed by atoms with Gasteiger partial charge in [0.2, 0.25) is 0 Å². The Bertz CT molecular complexity index is 1060. The van der Waals surface area contributed by atoms with Crippen LogP contribution in [0.15, 0.2) is 60.7 Å². The van der Waals surface area contributed by atoms with E-state index in [1.54, 1.807) is 12.1 Å². The molecule has 136 valence electrons. The van der Waals surface area contributed by atoms with Crippen LogP contribution in [-0.4, -0.2) is 24.9 Å². The SMILES string of the molecule is COc1cc(/C=C/C(=O)c2ccc3ccccc3c2)c([N+](=O)[O-])cc1OC. The van der Waals surface area contributed by atoms with Crippen LogP contribution in [0.1, 0.15) is 15.9 Å². The molecule has 0 unspecified atom stereocenters. The minimum atomic E-state index is -0.526. The monoisotopic (exact) mass is 363 g/mol. The molecule has 6 nitrogen and oxygen atoms in total. The van der Waals surface area contributed by atoms with Crippen LogP contribution in [0.2, 0.25) is 0 Å². The van der Waals surface area contributed by atoms with Gasteiger partial charge in [-0.05, 0) is 35.1 Å². The van der Waals surface area contributed by atoms with Crippen LogP contribution in [0.5, 0.6) is 11.5 Å². The fraction of sp³-hybridized carbons (Fsp3) is 0.0952. The summed E-state index contributed by atoms with van der Waals surface area (Å²) in [5, 5.41) is 13.3. The molecule has 0 atom stereocenters. The van der Waals surface area contributed by atoms with E-state index >= 15 is 0 Å². The van der Waals surface area contributed by atoms with Gasteiger partial charge in [-0.1, -0.05) is 36.4 Å². The van der Waals surface area contributed by atoms with Gasteiger partial charge in [-0.2, -0.15) is 0 Å². The summed E-state index contributed by atoms with van der Waals surface area (Å²) in [6, 6.07) is 15.9. The van der Waals surface area contributed by atoms with Crippen LogP contribution in [0.4, 0.5) is 5.69 Å². The Labute approximate surface area is 155 Å². The molecule has 0 radical (unpaired) electrons. The van der Waals surface area contributed by atoms with Crippen molar-refractivity contribution in [1.82, 2.24) is 0 Å². The van der Waals surface area contributed by atoms with E-state index in [4.69, 9.17) is 9.47 Å². The smallest absolute Gasteiger partial charge is 0.280 e. The molecule has 0 fully saturated rings. The van der Waals surface area contributed by atoms with Gasteiger partial charge in [-0.3, -0.25) is 14.9 Å². The summed E-state index contributed by atoms with van der Waals surface area (Å²) in [6.45, 7) is 0. The largest absolute Gasteiger partial charge is 0.493 e. The second kappa shape index (κ2) is 7.70. The first-order valence-electron chi connectivity index (χ1n) is 8.15. The predicted molar refractivity (Wildman–Crippen MR) is 104 cm³/mol. The first-order chi connectivity index (χ1) is 13.0. The normalized spacial score (nSPS) is 10.9. The van der Waals surface area contributed by atoms with Crippen molar-refractivity contribution < 1.29 is 19.2 Å². The number of ketones is 1. The summed E-state index contributed by atoms with van der Waals surface area (Å²) >= 11 is 0. The van der Waals surface area contributed by atoms with E-state index in [-0.39, 0.29) is 22.8 Å². The minimum absolute atomic E-state index is 0.171. The van der Waals surface area contributed by atoms with Gasteiger partial charge in [-0.15, -0.1) is 0 Å². The fourth-order valence-electron chi connectivity index (χ4n) is 2.78. The van der Waals surface area contributed by atoms with Crippen molar-refractivity contribution in [2.24, 2.45) is 0 Å². The third kappa shape index (κ3) is 3.79. The third-order valence-electron chi connectivity index (χ3n) is 4.18. The number of ether oxygens (including phenoxy) is 2. The summed E-state index contributed by atoms with van der Waals surface area (Å²) in [5.41, 5.74) is 0.593. The quantitative estimate of drug-likeness (QED) is 0.275. The van der Waals surface area contributed by atoms with Gasteiger partial charge in [-0.25, -0.2) is 0 Å². The highest BCUT2D eigenvalue weighted by Crippen LogP contribution is 2.35. The maximum atomic E-state index is 12.5. The zero-order valence-electron chi connectivity index (χ0n) is 14.8. The Morgan fingerprint density at radius 3 is 2.30 bits per heavy atom. The standard InChI is InChI=1S/C21H17NO5/c1-26-20-12-16(18(22(24)25)13-21(20)27-2)9-10-19(23)17-8-7-14-5-3-4-6-15(14)11-17/h3-13H,1-2H3/b10-9+. The molecule has 3 rings (SSSR count). The summed E-state index contributed by atoms with van der Waals surface area (Å²) in [5.74, 6) is 0.355. The average Bonchev–Trinajstić information content (AvgIpc) is 2.70. The van der Waals surface area contributed by atoms with Crippen molar-refractivity contribution in [3.63, 3.8) is 0 Å². The molecule has 0 bridgehead atoms. The molecule has 3 aromatic carbocycles. The molecular weight excluding hydrogens is 346 g/mol. The first kappa shape index (κ1) is 18.1. The second-order valence-electron chi connectivity index (χ2n) is 5.78. The van der Waals surface area contributed by atoms with E-state index in [2.05, 4.69) is 0 Å². The maximum absolute atomic E-state index is 12.5. The zero-order chi connectivity index (χ0) is 19.4. The van der Waals surface area contributed by atoms with Gasteiger partial charge in [0, 0.05) is 5.56 Å². The molecule has 0 amide bonds. The van der Waals surface area contributed by atoms with Crippen LogP contribution in [0.3, 0.4) is 0 Å². The number of nitro groups is 1. The molecule has 0 aliphatic rings. The highest BCUT2D eigenvalue weighted by Gasteiger charge is 2.18. The highest BCUT2D eigenvalue weighted by molar-refractivity contribution is 6.08. The van der Waals surface area contributed by atoms with Gasteiger partial charge < -0.3 is 9.47 Å². The van der Waals surface area contributed by atoms with Gasteiger partial charge >= 0.3 is 0 Å². The molecule has 3 aromatic rings. The Hall–Kier alpha value is -3.67. The van der Waals surface area contributed by atoms with Gasteiger partial charge in [0.05, 0.1) is 30.8 Å². The van der Waals surface area contributed by atoms with Crippen molar-refractivity contribution >= 4 is 28.3 Å². The number of nitro benzene ring substituents is 1. The van der Waals surface area contributed by atoms with Crippen LogP contribution >= 0.6 is 0 Å². The molecular formula is C21H17NO5. The van der Waals surface area contributed by atoms with Crippen LogP contribution < -0.4 is 9.47 Å². The van der Waals surface area contributed by atoms with E-state index in [0.717, 1.165) is 10.8 Å². The molecule has 0 saturated heterocycles. The van der Waals surface area contributed by atoms with Crippen molar-refractivity contribution in [3.05, 3.63) is 81.9 Å². The van der Waals surface area contributed by atoms with Gasteiger partial charge in [0.25, 0.3) is 5.69 Å². The summed E-state index contributed by atoms with van der Waals surface area (Å²) in [7, 11) is 2.84. The van der Waals surface area contributed by atoms with Crippen LogP contribution in [0, 0.1) is 10.1 Å². The zero-order valence-corrected chi connectivity index (χ0v) is 14.8. The molecule has 0 spiro atoms. The summed E-state index contributed by atoms with van der Waals surface area (Å²) in [6.07, 6.45) is 2.73. The second-order valence-corrected chi connectivity index (χ2v) is 5.78. The van der Waals surface area contributed by atoms with Crippen molar-refractivity contribution in [1.29, 1.82) is 0 Å². The van der Waals surface area contributed by atoms with Crippen LogP contribution in [-0.2, 0) is 0 Å². The number of rotatable bonds is 6. The molecule has 0 aromatic heterocycles. The molecule has 0 aliphatic heterocycles. The van der Waals surface area contributed by atoms with E-state index in [0.29, 0.717) is 11.3 Å². The number of carbonyl (C=O) groups is 1. The lowest BCUT2D eigenvalue weighted by atomic mass is 10.0. The Kier molecular flexibility index (Phi) is 5.17. The summed E-state index contributed by atoms with van der Waals surface area (Å²) in [4.78, 5) is 23.3. The Morgan fingerprint density at radius 2 is 1.63 bits per heavy atom. The van der Waals surface area contributed by atoms with E-state index < -0.39 is 4.92 Å². The lowest BCUT2D eigenvalue weighted by molar-refractivity contribution is -0.385. The topological polar surface area (TPSA) is 78.7 Å². The molecule has 0 heterocycles. The number of allylic oxidation sites excluding steroid dienone is 1. The van der Waals surface area contributed by atoms with E-state index in [1.807, 2.05) is 30.3 Å². The number of methoxy groups -OCH3 is 2. The van der Waals surface area contributed by atoms with Gasteiger partial charge in [0.1, 0.15) is 0 Å². The lowest BCUT2D eigenvalue weighted by Gasteiger charge is -2.08. The van der Waals surface area contributed by atoms with Crippen molar-refractivity contribution in [2.75, 3.05) is 14.2 Å². The van der Waals surface area contributed by atoms with Crippen molar-refractivity contribution in [2.45, 2.75) is 0 Å². The molecule has 0 saturated carbocycles. The predicted octanol–water partition coefficient (Wildman–Crippen LogP) is 4.66. The fourth-order valence-corrected chi connectivity index (χ4v) is 2.78. The molecule has 27 heavy (non-hydrogen) atoms. The number of nitrogens with zero attached hydrogens (tertiary/aromatic N) is 1. The minimum Gasteiger partial charge on any atom is -0.493 e. The van der Waals surface area contributed by atoms with Crippen LogP contribution in [0.25, 0.3) is 16.8 Å². The van der Waals surface area contributed by atoms with E-state index in [1.165, 1.54) is 38.5 Å². The number of fused-ring (bicyclic) bond motifs is 1. The Morgan fingerprint density at radius 1 is 0.963 bits per heavy atom. The first-order valence-corrected chi connectivity index (χ1v) is 8.15. The van der Waals surface area contributed by atoms with Gasteiger partial charge in [0.15, 0.2) is 17.3 Å². The number of carbonyl (C=O) groups excluding carboxylic acids is 1. The molecule has 0 aliphatic carbocycles. The summed E-state index contributed by atoms with van der Waals surface area (Å²) < 4.78 is 10.3. The van der Waals surface area contributed by atoms with Crippen molar-refractivity contribution in [3.8, 4) is 11.5 Å². The number of hydrogen-bond acceptors (Lipinski definition) is 5. The third-order valence-corrected chi connectivity index (χ3v) is 4.18. The van der Waals surface area contributed by atoms with E-state index in [9.17, 15) is 14.9 Å². The number of hydrogen-bond donors (Lipinski definition) is 0. The number of benzene rings is 3. The maximum Gasteiger partial charge on any atom is 0.280 e. The molecule has 0 N–H and O–H groups in total. The lowest BCUT2D eigenvalue weighted by Crippen LogP contribution is -1.98. The Balaban J connectivity index is 1.96. The highest BCUT2D eigenvalue weighted by atomic mass is 16.6. The average molecular weight is 363 g/mol.